The fourth-order valence-corrected chi connectivity index (χ4v) is 2.19. The first-order valence-electron chi connectivity index (χ1n) is 8.93. The average Bonchev–Trinajstić information content (AvgIpc) is 2.41. The summed E-state index contributed by atoms with van der Waals surface area (Å²) in [5.74, 6) is -0.0623. The monoisotopic (exact) mass is 286 g/mol. The van der Waals surface area contributed by atoms with Crippen molar-refractivity contribution in [1.29, 1.82) is 0 Å². The lowest BCUT2D eigenvalue weighted by Crippen LogP contribution is -2.33. The van der Waals surface area contributed by atoms with Crippen molar-refractivity contribution in [3.05, 3.63) is 0 Å². The smallest absolute Gasteiger partial charge is 0.322 e. The summed E-state index contributed by atoms with van der Waals surface area (Å²) < 4.78 is 12.8. The molecule has 0 saturated carbocycles. The molecule has 1 unspecified atom stereocenters. The van der Waals surface area contributed by atoms with Gasteiger partial charge < -0.3 is 10.5 Å². The molecule has 3 nitrogen and oxygen atoms in total. The van der Waals surface area contributed by atoms with Crippen molar-refractivity contribution in [2.75, 3.05) is 6.58 Å². The molecule has 0 aliphatic carbocycles. The molecule has 0 aromatic rings. The van der Waals surface area contributed by atoms with E-state index in [1.807, 2.05) is 13.8 Å². The molecule has 3 heteroatoms. The zero-order valence-electron chi connectivity index (χ0n) is 14.7. The lowest BCUT2D eigenvalue weighted by atomic mass is 10.1. The van der Waals surface area contributed by atoms with Crippen LogP contribution >= 0.6 is 0 Å². The van der Waals surface area contributed by atoms with E-state index in [9.17, 15) is 4.79 Å². The zero-order valence-corrected chi connectivity index (χ0v) is 13.7. The fourth-order valence-electron chi connectivity index (χ4n) is 2.19. The molecule has 0 saturated heterocycles. The van der Waals surface area contributed by atoms with Gasteiger partial charge in [0.15, 0.2) is 0 Å². The van der Waals surface area contributed by atoms with Crippen molar-refractivity contribution in [3.63, 3.8) is 0 Å². The highest BCUT2D eigenvalue weighted by molar-refractivity contribution is 5.75. The highest BCUT2D eigenvalue weighted by Crippen LogP contribution is 2.10. The maximum Gasteiger partial charge on any atom is 0.322 e. The van der Waals surface area contributed by atoms with E-state index in [-0.39, 0.29) is 0 Å². The third-order valence-electron chi connectivity index (χ3n) is 3.40. The van der Waals surface area contributed by atoms with E-state index >= 15 is 0 Å². The summed E-state index contributed by atoms with van der Waals surface area (Å²) in [4.78, 5) is 11.7. The van der Waals surface area contributed by atoms with Gasteiger partial charge in [-0.2, -0.15) is 0 Å². The van der Waals surface area contributed by atoms with Crippen LogP contribution in [-0.2, 0) is 9.53 Å². The minimum Gasteiger partial charge on any atom is -0.465 e. The quantitative estimate of drug-likeness (QED) is 0.402. The molecule has 120 valence electrons. The number of rotatable bonds is 13. The first-order chi connectivity index (χ1) is 9.97. The Morgan fingerprint density at radius 1 is 1.05 bits per heavy atom. The van der Waals surface area contributed by atoms with E-state index in [1.54, 1.807) is 0 Å². The van der Waals surface area contributed by atoms with E-state index in [0.29, 0.717) is 18.8 Å². The predicted molar refractivity (Wildman–Crippen MR) is 85.6 cm³/mol. The molecule has 2 N–H and O–H groups in total. The molecule has 0 fully saturated rings. The second kappa shape index (κ2) is 13.4. The average molecular weight is 286 g/mol. The van der Waals surface area contributed by atoms with Gasteiger partial charge >= 0.3 is 5.97 Å². The van der Waals surface area contributed by atoms with Crippen molar-refractivity contribution < 1.29 is 10.9 Å². The van der Waals surface area contributed by atoms with Crippen LogP contribution in [0.1, 0.15) is 86.4 Å². The van der Waals surface area contributed by atoms with Crippen LogP contribution in [0.4, 0.5) is 0 Å². The highest BCUT2D eigenvalue weighted by Gasteiger charge is 2.15. The Labute approximate surface area is 127 Å². The normalized spacial score (nSPS) is 14.9. The van der Waals surface area contributed by atoms with E-state index in [2.05, 4.69) is 6.92 Å². The van der Waals surface area contributed by atoms with Crippen LogP contribution in [0, 0.1) is 5.92 Å². The van der Waals surface area contributed by atoms with Crippen LogP contribution in [0.3, 0.4) is 0 Å². The van der Waals surface area contributed by atoms with Crippen molar-refractivity contribution in [2.45, 2.75) is 91.0 Å². The summed E-state index contributed by atoms with van der Waals surface area (Å²) >= 11 is 0. The lowest BCUT2D eigenvalue weighted by molar-refractivity contribution is -0.145. The number of unbranched alkanes of at least 4 members (excludes halogenated alkanes) is 7. The molecule has 2 atom stereocenters. The molecule has 20 heavy (non-hydrogen) atoms. The summed E-state index contributed by atoms with van der Waals surface area (Å²) in [6.45, 7) is 5.51. The number of esters is 1. The molecule has 0 aromatic carbocycles. The molecule has 0 rings (SSSR count). The summed E-state index contributed by atoms with van der Waals surface area (Å²) in [7, 11) is 0. The number of carbonyl (C=O) groups excluding carboxylic acids is 1. The van der Waals surface area contributed by atoms with E-state index in [0.717, 1.165) is 12.8 Å². The van der Waals surface area contributed by atoms with Gasteiger partial charge in [-0.1, -0.05) is 72.1 Å². The van der Waals surface area contributed by atoms with Gasteiger partial charge in [-0.05, 0) is 18.8 Å². The Bertz CT molecular complexity index is 259. The molecule has 0 aliphatic rings. The third kappa shape index (κ3) is 12.5. The van der Waals surface area contributed by atoms with Crippen molar-refractivity contribution >= 4 is 5.97 Å². The Morgan fingerprint density at radius 3 is 2.05 bits per heavy atom. The molecule has 0 aliphatic heterocycles. The Kier molecular flexibility index (Phi) is 11.7. The van der Waals surface area contributed by atoms with E-state index < -0.39 is 18.6 Å². The van der Waals surface area contributed by atoms with Crippen LogP contribution < -0.4 is 5.73 Å². The Morgan fingerprint density at radius 2 is 1.55 bits per heavy atom. The first-order valence-corrected chi connectivity index (χ1v) is 8.35. The number of nitrogens with two attached hydrogens (primary N) is 1. The molecule has 0 heterocycles. The number of ether oxygens (including phenoxy) is 1. The van der Waals surface area contributed by atoms with Gasteiger partial charge in [0.05, 0.1) is 7.95 Å². The largest absolute Gasteiger partial charge is 0.465 e. The molecule has 0 amide bonds. The number of carbonyl (C=O) groups is 1. The SMILES string of the molecule is [2H]C(CCCCCCCCCC)OC(=O)[C@@H](N)CC(C)C. The topological polar surface area (TPSA) is 52.3 Å². The predicted octanol–water partition coefficient (Wildman–Crippen LogP) is 4.43. The van der Waals surface area contributed by atoms with E-state index in [1.165, 1.54) is 38.5 Å². The van der Waals surface area contributed by atoms with Gasteiger partial charge in [-0.15, -0.1) is 0 Å². The van der Waals surface area contributed by atoms with Gasteiger partial charge in [0, 0.05) is 0 Å². The van der Waals surface area contributed by atoms with Gasteiger partial charge in [0.2, 0.25) is 0 Å². The third-order valence-corrected chi connectivity index (χ3v) is 3.40. The zero-order chi connectivity index (χ0) is 16.1. The van der Waals surface area contributed by atoms with Crippen molar-refractivity contribution in [3.8, 4) is 0 Å². The molecular weight excluding hydrogens is 250 g/mol. The molecule has 0 spiro atoms. The van der Waals surface area contributed by atoms with Gasteiger partial charge in [-0.3, -0.25) is 4.79 Å². The first kappa shape index (κ1) is 17.5. The van der Waals surface area contributed by atoms with Crippen LogP contribution in [0.15, 0.2) is 0 Å². The van der Waals surface area contributed by atoms with Crippen LogP contribution in [-0.4, -0.2) is 18.6 Å². The summed E-state index contributed by atoms with van der Waals surface area (Å²) in [6, 6.07) is -0.587. The van der Waals surface area contributed by atoms with Crippen molar-refractivity contribution in [2.24, 2.45) is 11.7 Å². The summed E-state index contributed by atoms with van der Waals surface area (Å²) in [5, 5.41) is 0. The second-order valence-electron chi connectivity index (χ2n) is 6.10. The fraction of sp³-hybridized carbons (Fsp3) is 0.941. The van der Waals surface area contributed by atoms with Crippen LogP contribution in [0.5, 0.6) is 0 Å². The van der Waals surface area contributed by atoms with Gasteiger partial charge in [0.25, 0.3) is 0 Å². The minimum absolute atomic E-state index is 0.365. The van der Waals surface area contributed by atoms with Crippen LogP contribution in [0.25, 0.3) is 0 Å². The molecule has 0 bridgehead atoms. The van der Waals surface area contributed by atoms with Crippen LogP contribution in [0.2, 0.25) is 0 Å². The van der Waals surface area contributed by atoms with Gasteiger partial charge in [-0.25, -0.2) is 0 Å². The van der Waals surface area contributed by atoms with Crippen molar-refractivity contribution in [1.82, 2.24) is 0 Å². The van der Waals surface area contributed by atoms with Gasteiger partial charge in [0.1, 0.15) is 6.04 Å². The standard InChI is InChI=1S/C17H35NO2/c1-4-5-6-7-8-9-10-11-12-13-20-17(19)16(18)14-15(2)3/h15-16H,4-14,18H2,1-3H3/t16-/m0/s1/i13D/t13?,16-. The molecule has 0 radical (unpaired) electrons. The number of hydrogen-bond acceptors (Lipinski definition) is 3. The highest BCUT2D eigenvalue weighted by atomic mass is 16.5. The Hall–Kier alpha value is -0.570. The van der Waals surface area contributed by atoms with E-state index in [4.69, 9.17) is 11.8 Å². The summed E-state index contributed by atoms with van der Waals surface area (Å²) in [6.07, 6.45) is 11.1. The second-order valence-corrected chi connectivity index (χ2v) is 6.10. The maximum absolute atomic E-state index is 11.7. The summed E-state index contributed by atoms with van der Waals surface area (Å²) in [5.41, 5.74) is 5.74. The lowest BCUT2D eigenvalue weighted by Gasteiger charge is -2.13. The Balaban J connectivity index is 3.53. The minimum atomic E-state index is -0.754. The molecular formula is C17H35NO2. The maximum atomic E-state index is 11.7. The molecule has 0 aromatic heterocycles. The number of hydrogen-bond donors (Lipinski definition) is 1.